The summed E-state index contributed by atoms with van der Waals surface area (Å²) in [7, 11) is 1.66. The van der Waals surface area contributed by atoms with E-state index in [0.29, 0.717) is 13.2 Å². The third-order valence-corrected chi connectivity index (χ3v) is 8.25. The van der Waals surface area contributed by atoms with Gasteiger partial charge in [-0.3, -0.25) is 4.79 Å². The number of benzene rings is 2. The molecular weight excluding hydrogens is 468 g/mol. The van der Waals surface area contributed by atoms with Crippen LogP contribution in [0.5, 0.6) is 0 Å². The molecular formula is C35H52O3. The van der Waals surface area contributed by atoms with Gasteiger partial charge in [-0.1, -0.05) is 158 Å². The highest BCUT2D eigenvalue weighted by molar-refractivity contribution is 5.98. The number of methoxy groups -OCH3 is 1. The van der Waals surface area contributed by atoms with Crippen LogP contribution in [0.4, 0.5) is 0 Å². The Morgan fingerprint density at radius 1 is 0.605 bits per heavy atom. The molecule has 0 aliphatic heterocycles. The van der Waals surface area contributed by atoms with Crippen LogP contribution in [-0.4, -0.2) is 26.3 Å². The second-order valence-corrected chi connectivity index (χ2v) is 11.2. The van der Waals surface area contributed by atoms with Gasteiger partial charge in [-0.2, -0.15) is 0 Å². The molecule has 0 bridgehead atoms. The van der Waals surface area contributed by atoms with Gasteiger partial charge < -0.3 is 9.47 Å². The Labute approximate surface area is 232 Å². The van der Waals surface area contributed by atoms with Crippen LogP contribution in [0, 0.1) is 0 Å². The second kappa shape index (κ2) is 17.5. The van der Waals surface area contributed by atoms with E-state index in [0.717, 1.165) is 35.1 Å². The van der Waals surface area contributed by atoms with E-state index in [9.17, 15) is 4.79 Å². The third-order valence-electron chi connectivity index (χ3n) is 8.25. The predicted molar refractivity (Wildman–Crippen MR) is 160 cm³/mol. The smallest absolute Gasteiger partial charge is 0.323 e. The van der Waals surface area contributed by atoms with Crippen LogP contribution in [0.25, 0.3) is 11.1 Å². The average Bonchev–Trinajstić information content (AvgIpc) is 3.23. The molecule has 0 atom stereocenters. The molecule has 0 aromatic heterocycles. The zero-order valence-electron chi connectivity index (χ0n) is 24.3. The van der Waals surface area contributed by atoms with Crippen molar-refractivity contribution in [3.8, 4) is 11.1 Å². The minimum atomic E-state index is -0.878. The number of unbranched alkanes of at least 4 members (excludes halogenated alkanes) is 16. The average molecular weight is 521 g/mol. The van der Waals surface area contributed by atoms with Crippen molar-refractivity contribution in [2.45, 2.75) is 121 Å². The van der Waals surface area contributed by atoms with Gasteiger partial charge in [0.25, 0.3) is 0 Å². The van der Waals surface area contributed by atoms with Gasteiger partial charge in [0.05, 0.1) is 13.2 Å². The first-order chi connectivity index (χ1) is 18.8. The van der Waals surface area contributed by atoms with Gasteiger partial charge in [0, 0.05) is 7.11 Å². The monoisotopic (exact) mass is 520 g/mol. The third kappa shape index (κ3) is 8.43. The summed E-state index contributed by atoms with van der Waals surface area (Å²) in [6.45, 7) is 3.06. The first kappa shape index (κ1) is 30.4. The fourth-order valence-electron chi connectivity index (χ4n) is 6.09. The summed E-state index contributed by atoms with van der Waals surface area (Å²) in [6, 6.07) is 16.3. The Morgan fingerprint density at radius 3 is 1.42 bits per heavy atom. The molecule has 3 nitrogen and oxygen atoms in total. The minimum absolute atomic E-state index is 0.187. The minimum Gasteiger partial charge on any atom is -0.465 e. The van der Waals surface area contributed by atoms with Gasteiger partial charge in [0.1, 0.15) is 5.41 Å². The molecule has 0 heterocycles. The van der Waals surface area contributed by atoms with Crippen LogP contribution in [0.15, 0.2) is 48.5 Å². The van der Waals surface area contributed by atoms with E-state index in [1.807, 2.05) is 36.4 Å². The van der Waals surface area contributed by atoms with E-state index in [-0.39, 0.29) is 5.97 Å². The van der Waals surface area contributed by atoms with E-state index < -0.39 is 5.41 Å². The molecule has 2 aromatic carbocycles. The molecule has 0 unspecified atom stereocenters. The summed E-state index contributed by atoms with van der Waals surface area (Å²) >= 11 is 0. The maximum absolute atomic E-state index is 13.6. The van der Waals surface area contributed by atoms with Crippen LogP contribution in [-0.2, 0) is 19.7 Å². The van der Waals surface area contributed by atoms with Crippen molar-refractivity contribution >= 4 is 5.97 Å². The highest BCUT2D eigenvalue weighted by atomic mass is 16.5. The lowest BCUT2D eigenvalue weighted by Gasteiger charge is -2.29. The molecule has 0 fully saturated rings. The Kier molecular flexibility index (Phi) is 14.0. The summed E-state index contributed by atoms with van der Waals surface area (Å²) in [6.07, 6.45) is 22.8. The topological polar surface area (TPSA) is 35.5 Å². The number of hydrogen-bond acceptors (Lipinski definition) is 3. The Balaban J connectivity index is 1.26. The Bertz CT molecular complexity index is 889. The number of rotatable bonds is 21. The number of carbonyl (C=O) groups is 1. The van der Waals surface area contributed by atoms with Crippen LogP contribution >= 0.6 is 0 Å². The number of carbonyl (C=O) groups excluding carboxylic acids is 1. The van der Waals surface area contributed by atoms with Crippen LogP contribution < -0.4 is 0 Å². The molecule has 3 rings (SSSR count). The first-order valence-corrected chi connectivity index (χ1v) is 15.6. The quantitative estimate of drug-likeness (QED) is 0.121. The second-order valence-electron chi connectivity index (χ2n) is 11.2. The van der Waals surface area contributed by atoms with Crippen LogP contribution in [0.2, 0.25) is 0 Å². The van der Waals surface area contributed by atoms with Gasteiger partial charge >= 0.3 is 5.97 Å². The lowest BCUT2D eigenvalue weighted by Crippen LogP contribution is -2.41. The SMILES string of the molecule is CCCCCCCCCCCCCCCCCCCOC(=O)C1(COC)c2ccccc2-c2ccccc21. The molecule has 1 aliphatic carbocycles. The summed E-state index contributed by atoms with van der Waals surface area (Å²) < 4.78 is 11.5. The van der Waals surface area contributed by atoms with Crippen molar-refractivity contribution in [1.82, 2.24) is 0 Å². The molecule has 2 aromatic rings. The molecule has 0 saturated carbocycles. The molecule has 38 heavy (non-hydrogen) atoms. The van der Waals surface area contributed by atoms with Gasteiger partial charge in [0.15, 0.2) is 0 Å². The highest BCUT2D eigenvalue weighted by Gasteiger charge is 2.50. The Morgan fingerprint density at radius 2 is 1.00 bits per heavy atom. The van der Waals surface area contributed by atoms with E-state index in [1.54, 1.807) is 7.11 Å². The zero-order chi connectivity index (χ0) is 26.9. The van der Waals surface area contributed by atoms with Gasteiger partial charge in [0.2, 0.25) is 0 Å². The lowest BCUT2D eigenvalue weighted by molar-refractivity contribution is -0.151. The van der Waals surface area contributed by atoms with Crippen molar-refractivity contribution in [2.24, 2.45) is 0 Å². The summed E-state index contributed by atoms with van der Waals surface area (Å²) in [5.41, 5.74) is 3.33. The molecule has 0 spiro atoms. The summed E-state index contributed by atoms with van der Waals surface area (Å²) in [5.74, 6) is -0.187. The lowest BCUT2D eigenvalue weighted by atomic mass is 9.79. The number of hydrogen-bond donors (Lipinski definition) is 0. The summed E-state index contributed by atoms with van der Waals surface area (Å²) in [5, 5.41) is 0. The van der Waals surface area contributed by atoms with Crippen LogP contribution in [0.3, 0.4) is 0 Å². The molecule has 0 N–H and O–H groups in total. The molecule has 0 radical (unpaired) electrons. The normalized spacial score (nSPS) is 13.3. The van der Waals surface area contributed by atoms with Crippen LogP contribution in [0.1, 0.15) is 127 Å². The van der Waals surface area contributed by atoms with Crippen molar-refractivity contribution in [1.29, 1.82) is 0 Å². The fourth-order valence-corrected chi connectivity index (χ4v) is 6.09. The maximum Gasteiger partial charge on any atom is 0.323 e. The predicted octanol–water partition coefficient (Wildman–Crippen LogP) is 9.79. The van der Waals surface area contributed by atoms with Gasteiger partial charge in [-0.05, 0) is 28.7 Å². The number of esters is 1. The molecule has 0 saturated heterocycles. The van der Waals surface area contributed by atoms with E-state index in [1.165, 1.54) is 96.3 Å². The number of fused-ring (bicyclic) bond motifs is 3. The van der Waals surface area contributed by atoms with E-state index in [2.05, 4.69) is 19.1 Å². The van der Waals surface area contributed by atoms with Crippen molar-refractivity contribution in [3.63, 3.8) is 0 Å². The van der Waals surface area contributed by atoms with E-state index >= 15 is 0 Å². The van der Waals surface area contributed by atoms with Crippen molar-refractivity contribution in [3.05, 3.63) is 59.7 Å². The highest BCUT2D eigenvalue weighted by Crippen LogP contribution is 2.49. The van der Waals surface area contributed by atoms with Crippen molar-refractivity contribution in [2.75, 3.05) is 20.3 Å². The fraction of sp³-hybridized carbons (Fsp3) is 0.629. The molecule has 1 aliphatic rings. The van der Waals surface area contributed by atoms with E-state index in [4.69, 9.17) is 9.47 Å². The summed E-state index contributed by atoms with van der Waals surface area (Å²) in [4.78, 5) is 13.6. The number of ether oxygens (including phenoxy) is 2. The largest absolute Gasteiger partial charge is 0.465 e. The Hall–Kier alpha value is -2.13. The first-order valence-electron chi connectivity index (χ1n) is 15.6. The van der Waals surface area contributed by atoms with Gasteiger partial charge in [-0.15, -0.1) is 0 Å². The molecule has 3 heteroatoms. The standard InChI is InChI=1S/C35H52O3/c1-3-4-5-6-7-8-9-10-11-12-13-14-15-16-17-18-23-28-38-34(36)35(29-37-2)32-26-21-19-24-30(32)31-25-20-22-27-33(31)35/h19-22,24-27H,3-18,23,28-29H2,1-2H3. The maximum atomic E-state index is 13.6. The molecule has 0 amide bonds. The van der Waals surface area contributed by atoms with Gasteiger partial charge in [-0.25, -0.2) is 0 Å². The zero-order valence-corrected chi connectivity index (χ0v) is 24.3. The molecule has 210 valence electrons. The van der Waals surface area contributed by atoms with Crippen molar-refractivity contribution < 1.29 is 14.3 Å².